The van der Waals surface area contributed by atoms with Crippen molar-refractivity contribution in [2.45, 2.75) is 26.3 Å². The number of aromatic nitrogens is 3. The van der Waals surface area contributed by atoms with E-state index in [2.05, 4.69) is 32.5 Å². The van der Waals surface area contributed by atoms with Gasteiger partial charge in [0.2, 0.25) is 11.9 Å². The van der Waals surface area contributed by atoms with Crippen LogP contribution in [0.15, 0.2) is 36.5 Å². The SMILES string of the molecule is CCCNc1ncc(-c2cc(-c3ccccc3Cl)nc(NC(C)C(N)=O)n2)s1. The predicted octanol–water partition coefficient (Wildman–Crippen LogP) is 4.03. The van der Waals surface area contributed by atoms with Crippen LogP contribution in [-0.2, 0) is 4.79 Å². The zero-order valence-corrected chi connectivity index (χ0v) is 17.1. The summed E-state index contributed by atoms with van der Waals surface area (Å²) in [7, 11) is 0. The zero-order chi connectivity index (χ0) is 20.1. The number of thiazole rings is 1. The van der Waals surface area contributed by atoms with Gasteiger partial charge in [-0.1, -0.05) is 48.1 Å². The number of nitrogens with one attached hydrogen (secondary N) is 2. The van der Waals surface area contributed by atoms with E-state index in [0.717, 1.165) is 28.5 Å². The lowest BCUT2D eigenvalue weighted by Gasteiger charge is -2.13. The smallest absolute Gasteiger partial charge is 0.239 e. The van der Waals surface area contributed by atoms with Crippen LogP contribution in [0.4, 0.5) is 11.1 Å². The molecule has 0 aliphatic carbocycles. The van der Waals surface area contributed by atoms with Crippen LogP contribution in [0.2, 0.25) is 5.02 Å². The fourth-order valence-electron chi connectivity index (χ4n) is 2.42. The molecule has 0 aliphatic heterocycles. The summed E-state index contributed by atoms with van der Waals surface area (Å²) in [5, 5.41) is 7.63. The minimum absolute atomic E-state index is 0.301. The number of carbonyl (C=O) groups excluding carboxylic acids is 1. The largest absolute Gasteiger partial charge is 0.368 e. The summed E-state index contributed by atoms with van der Waals surface area (Å²) in [6.45, 7) is 4.61. The van der Waals surface area contributed by atoms with E-state index in [0.29, 0.717) is 22.4 Å². The Hall–Kier alpha value is -2.71. The van der Waals surface area contributed by atoms with E-state index in [1.807, 2.05) is 24.3 Å². The number of carbonyl (C=O) groups is 1. The third kappa shape index (κ3) is 4.76. The number of nitrogens with zero attached hydrogens (tertiary/aromatic N) is 3. The molecule has 28 heavy (non-hydrogen) atoms. The molecule has 1 amide bonds. The first-order chi connectivity index (χ1) is 13.5. The second kappa shape index (κ2) is 8.99. The molecular formula is C19H21ClN6OS. The van der Waals surface area contributed by atoms with Crippen LogP contribution < -0.4 is 16.4 Å². The molecule has 146 valence electrons. The Balaban J connectivity index is 2.03. The van der Waals surface area contributed by atoms with Crippen molar-refractivity contribution in [3.05, 3.63) is 41.6 Å². The van der Waals surface area contributed by atoms with Crippen molar-refractivity contribution in [1.29, 1.82) is 0 Å². The maximum absolute atomic E-state index is 11.4. The Labute approximate surface area is 172 Å². The molecule has 0 saturated carbocycles. The minimum atomic E-state index is -0.613. The monoisotopic (exact) mass is 416 g/mol. The molecule has 4 N–H and O–H groups in total. The number of primary amides is 1. The van der Waals surface area contributed by atoms with Crippen LogP contribution in [0.25, 0.3) is 21.8 Å². The molecule has 9 heteroatoms. The van der Waals surface area contributed by atoms with Gasteiger partial charge in [-0.05, 0) is 25.5 Å². The summed E-state index contributed by atoms with van der Waals surface area (Å²) >= 11 is 7.86. The van der Waals surface area contributed by atoms with Crippen molar-refractivity contribution in [2.75, 3.05) is 17.2 Å². The number of nitrogens with two attached hydrogens (primary N) is 1. The quantitative estimate of drug-likeness (QED) is 0.512. The van der Waals surface area contributed by atoms with Crippen LogP contribution in [-0.4, -0.2) is 33.4 Å². The van der Waals surface area contributed by atoms with Gasteiger partial charge in [0.25, 0.3) is 0 Å². The minimum Gasteiger partial charge on any atom is -0.368 e. The zero-order valence-electron chi connectivity index (χ0n) is 15.6. The van der Waals surface area contributed by atoms with Crippen molar-refractivity contribution < 1.29 is 4.79 Å². The van der Waals surface area contributed by atoms with Gasteiger partial charge in [0, 0.05) is 23.3 Å². The molecule has 0 saturated heterocycles. The van der Waals surface area contributed by atoms with Crippen LogP contribution >= 0.6 is 22.9 Å². The highest BCUT2D eigenvalue weighted by molar-refractivity contribution is 7.18. The summed E-state index contributed by atoms with van der Waals surface area (Å²) in [6.07, 6.45) is 2.78. The van der Waals surface area contributed by atoms with E-state index in [1.54, 1.807) is 19.2 Å². The lowest BCUT2D eigenvalue weighted by Crippen LogP contribution is -2.33. The van der Waals surface area contributed by atoms with E-state index in [-0.39, 0.29) is 0 Å². The number of anilines is 2. The molecular weight excluding hydrogens is 396 g/mol. The normalized spacial score (nSPS) is 11.8. The second-order valence-electron chi connectivity index (χ2n) is 6.17. The number of amides is 1. The molecule has 2 heterocycles. The van der Waals surface area contributed by atoms with Gasteiger partial charge in [-0.15, -0.1) is 0 Å². The highest BCUT2D eigenvalue weighted by atomic mass is 35.5. The average molecular weight is 417 g/mol. The fourth-order valence-corrected chi connectivity index (χ4v) is 3.45. The van der Waals surface area contributed by atoms with Crippen molar-refractivity contribution in [3.63, 3.8) is 0 Å². The summed E-state index contributed by atoms with van der Waals surface area (Å²) < 4.78 is 0. The van der Waals surface area contributed by atoms with Gasteiger partial charge < -0.3 is 16.4 Å². The van der Waals surface area contributed by atoms with Crippen molar-refractivity contribution >= 4 is 39.9 Å². The van der Waals surface area contributed by atoms with Crippen molar-refractivity contribution in [3.8, 4) is 21.8 Å². The topological polar surface area (TPSA) is 106 Å². The second-order valence-corrected chi connectivity index (χ2v) is 7.60. The average Bonchev–Trinajstić information content (AvgIpc) is 3.15. The van der Waals surface area contributed by atoms with Gasteiger partial charge in [0.05, 0.1) is 16.3 Å². The lowest BCUT2D eigenvalue weighted by molar-refractivity contribution is -0.118. The fraction of sp³-hybridized carbons (Fsp3) is 0.263. The summed E-state index contributed by atoms with van der Waals surface area (Å²) in [5.41, 5.74) is 7.47. The van der Waals surface area contributed by atoms with E-state index < -0.39 is 11.9 Å². The third-order valence-electron chi connectivity index (χ3n) is 3.93. The summed E-state index contributed by atoms with van der Waals surface area (Å²) in [6, 6.07) is 8.68. The van der Waals surface area contributed by atoms with Gasteiger partial charge in [-0.3, -0.25) is 4.79 Å². The number of benzene rings is 1. The highest BCUT2D eigenvalue weighted by Crippen LogP contribution is 2.33. The van der Waals surface area contributed by atoms with Crippen LogP contribution in [0.5, 0.6) is 0 Å². The van der Waals surface area contributed by atoms with E-state index in [9.17, 15) is 4.79 Å². The molecule has 3 rings (SSSR count). The molecule has 0 bridgehead atoms. The molecule has 3 aromatic rings. The molecule has 2 aromatic heterocycles. The highest BCUT2D eigenvalue weighted by Gasteiger charge is 2.16. The van der Waals surface area contributed by atoms with Crippen LogP contribution in [0.3, 0.4) is 0 Å². The van der Waals surface area contributed by atoms with Crippen LogP contribution in [0, 0.1) is 0 Å². The summed E-state index contributed by atoms with van der Waals surface area (Å²) in [5.74, 6) is -0.188. The van der Waals surface area contributed by atoms with Gasteiger partial charge in [-0.25, -0.2) is 15.0 Å². The Morgan fingerprint density at radius 1 is 1.29 bits per heavy atom. The molecule has 0 radical (unpaired) electrons. The molecule has 0 fully saturated rings. The Kier molecular flexibility index (Phi) is 6.43. The van der Waals surface area contributed by atoms with Gasteiger partial charge in [0.15, 0.2) is 5.13 Å². The Morgan fingerprint density at radius 3 is 2.75 bits per heavy atom. The van der Waals surface area contributed by atoms with Crippen molar-refractivity contribution in [1.82, 2.24) is 15.0 Å². The number of hydrogen-bond acceptors (Lipinski definition) is 7. The lowest BCUT2D eigenvalue weighted by atomic mass is 10.1. The van der Waals surface area contributed by atoms with E-state index in [1.165, 1.54) is 11.3 Å². The standard InChI is InChI=1S/C19H21ClN6OS/c1-3-8-22-19-23-10-16(28-19)15-9-14(12-6-4-5-7-13(12)20)25-18(26-15)24-11(2)17(21)27/h4-7,9-11H,3,8H2,1-2H3,(H2,21,27)(H,22,23)(H,24,25,26). The van der Waals surface area contributed by atoms with Crippen LogP contribution in [0.1, 0.15) is 20.3 Å². The van der Waals surface area contributed by atoms with Gasteiger partial charge in [0.1, 0.15) is 6.04 Å². The van der Waals surface area contributed by atoms with E-state index >= 15 is 0 Å². The number of hydrogen-bond donors (Lipinski definition) is 3. The third-order valence-corrected chi connectivity index (χ3v) is 5.24. The molecule has 7 nitrogen and oxygen atoms in total. The maximum atomic E-state index is 11.4. The van der Waals surface area contributed by atoms with Gasteiger partial charge in [-0.2, -0.15) is 0 Å². The molecule has 1 aromatic carbocycles. The predicted molar refractivity (Wildman–Crippen MR) is 115 cm³/mol. The first kappa shape index (κ1) is 20.0. The molecule has 0 aliphatic rings. The first-order valence-electron chi connectivity index (χ1n) is 8.87. The summed E-state index contributed by atoms with van der Waals surface area (Å²) in [4.78, 5) is 25.8. The molecule has 0 spiro atoms. The molecule has 1 atom stereocenters. The van der Waals surface area contributed by atoms with Gasteiger partial charge >= 0.3 is 0 Å². The van der Waals surface area contributed by atoms with Crippen molar-refractivity contribution in [2.24, 2.45) is 5.73 Å². The Bertz CT molecular complexity index is 977. The van der Waals surface area contributed by atoms with E-state index in [4.69, 9.17) is 17.3 Å². The number of halogens is 1. The molecule has 1 unspecified atom stereocenters. The maximum Gasteiger partial charge on any atom is 0.239 e. The number of rotatable bonds is 8. The Morgan fingerprint density at radius 2 is 2.04 bits per heavy atom. The first-order valence-corrected chi connectivity index (χ1v) is 10.1.